The van der Waals surface area contributed by atoms with Crippen LogP contribution in [0.2, 0.25) is 5.02 Å². The van der Waals surface area contributed by atoms with Crippen LogP contribution in [0.4, 0.5) is 10.1 Å². The molecule has 1 amide bonds. The molecule has 0 radical (unpaired) electrons. The number of furan rings is 1. The van der Waals surface area contributed by atoms with Gasteiger partial charge in [-0.2, -0.15) is 0 Å². The van der Waals surface area contributed by atoms with Gasteiger partial charge in [-0.15, -0.1) is 0 Å². The number of carbonyl (C=O) groups is 3. The summed E-state index contributed by atoms with van der Waals surface area (Å²) in [5.41, 5.74) is -0.611. The van der Waals surface area contributed by atoms with E-state index in [2.05, 4.69) is 0 Å². The van der Waals surface area contributed by atoms with Gasteiger partial charge in [-0.05, 0) is 54.4 Å². The molecule has 0 spiro atoms. The average molecular weight is 458 g/mol. The number of amides is 1. The van der Waals surface area contributed by atoms with Crippen LogP contribution >= 0.6 is 11.6 Å². The maximum absolute atomic E-state index is 13.5. The van der Waals surface area contributed by atoms with E-state index >= 15 is 0 Å². The van der Waals surface area contributed by atoms with E-state index < -0.39 is 23.1 Å². The molecule has 4 rings (SSSR count). The Balaban J connectivity index is 1.50. The lowest BCUT2D eigenvalue weighted by atomic mass is 9.92. The smallest absolute Gasteiger partial charge is 0.266 e. The number of hydrogen-bond acceptors (Lipinski definition) is 5. The zero-order chi connectivity index (χ0) is 23.0. The Morgan fingerprint density at radius 1 is 1.22 bits per heavy atom. The van der Waals surface area contributed by atoms with Crippen LogP contribution < -0.4 is 4.90 Å². The molecular weight excluding hydrogens is 437 g/mol. The van der Waals surface area contributed by atoms with Crippen LogP contribution in [0, 0.1) is 5.82 Å². The third-order valence-electron chi connectivity index (χ3n) is 5.73. The zero-order valence-electron chi connectivity index (χ0n) is 17.4. The molecule has 0 aliphatic carbocycles. The minimum absolute atomic E-state index is 0.0441. The normalized spacial score (nSPS) is 18.5. The molecule has 1 aliphatic heterocycles. The molecule has 8 heteroatoms. The van der Waals surface area contributed by atoms with Crippen molar-refractivity contribution in [3.05, 3.63) is 64.6 Å². The lowest BCUT2D eigenvalue weighted by Crippen LogP contribution is -2.47. The Morgan fingerprint density at radius 2 is 2.00 bits per heavy atom. The maximum atomic E-state index is 13.5. The maximum Gasteiger partial charge on any atom is 0.266 e. The van der Waals surface area contributed by atoms with Gasteiger partial charge >= 0.3 is 0 Å². The molecule has 2 heterocycles. The van der Waals surface area contributed by atoms with E-state index in [-0.39, 0.29) is 42.4 Å². The molecule has 2 aromatic carbocycles. The minimum Gasteiger partial charge on any atom is -0.453 e. The third-order valence-corrected chi connectivity index (χ3v) is 5.95. The van der Waals surface area contributed by atoms with Gasteiger partial charge in [0, 0.05) is 41.9 Å². The van der Waals surface area contributed by atoms with Crippen LogP contribution in [-0.2, 0) is 16.0 Å². The van der Waals surface area contributed by atoms with Gasteiger partial charge in [0.25, 0.3) is 5.91 Å². The van der Waals surface area contributed by atoms with Gasteiger partial charge in [0.1, 0.15) is 11.4 Å². The van der Waals surface area contributed by atoms with E-state index in [1.807, 2.05) is 0 Å². The number of carbonyl (C=O) groups excluding carboxylic acids is 3. The van der Waals surface area contributed by atoms with Gasteiger partial charge in [0.15, 0.2) is 17.3 Å². The molecule has 0 saturated carbocycles. The van der Waals surface area contributed by atoms with Crippen molar-refractivity contribution in [2.75, 3.05) is 11.4 Å². The molecule has 1 aromatic heterocycles. The molecule has 32 heavy (non-hydrogen) atoms. The fraction of sp³-hybridized carbons (Fsp3) is 0.292. The highest BCUT2D eigenvalue weighted by Crippen LogP contribution is 2.33. The second-order valence-corrected chi connectivity index (χ2v) is 8.31. The van der Waals surface area contributed by atoms with Gasteiger partial charge in [0.05, 0.1) is 0 Å². The third kappa shape index (κ3) is 4.06. The number of hydrogen-bond donors (Lipinski definition) is 1. The average Bonchev–Trinajstić information content (AvgIpc) is 3.32. The number of rotatable bonds is 7. The monoisotopic (exact) mass is 457 g/mol. The van der Waals surface area contributed by atoms with Crippen molar-refractivity contribution >= 4 is 45.7 Å². The fourth-order valence-corrected chi connectivity index (χ4v) is 4.19. The first kappa shape index (κ1) is 22.2. The first-order valence-corrected chi connectivity index (χ1v) is 10.7. The summed E-state index contributed by atoms with van der Waals surface area (Å²) < 4.78 is 19.0. The fourth-order valence-electron chi connectivity index (χ4n) is 3.94. The Bertz CT molecular complexity index is 1220. The van der Waals surface area contributed by atoms with Crippen LogP contribution in [0.5, 0.6) is 0 Å². The molecule has 1 atom stereocenters. The number of anilines is 1. The Morgan fingerprint density at radius 3 is 2.72 bits per heavy atom. The lowest BCUT2D eigenvalue weighted by molar-refractivity contribution is -0.147. The topological polar surface area (TPSA) is 87.8 Å². The molecule has 1 saturated heterocycles. The quantitative estimate of drug-likeness (QED) is 0.417. The minimum atomic E-state index is -2.13. The predicted octanol–water partition coefficient (Wildman–Crippen LogP) is 4.49. The van der Waals surface area contributed by atoms with Crippen LogP contribution in [-0.4, -0.2) is 34.7 Å². The Hall–Kier alpha value is -3.03. The molecule has 0 bridgehead atoms. The van der Waals surface area contributed by atoms with Crippen molar-refractivity contribution in [3.8, 4) is 0 Å². The highest BCUT2D eigenvalue weighted by atomic mass is 35.5. The largest absolute Gasteiger partial charge is 0.453 e. The van der Waals surface area contributed by atoms with Crippen molar-refractivity contribution in [2.45, 2.75) is 38.2 Å². The first-order chi connectivity index (χ1) is 15.2. The Kier molecular flexibility index (Phi) is 5.88. The van der Waals surface area contributed by atoms with Gasteiger partial charge < -0.3 is 14.4 Å². The second kappa shape index (κ2) is 8.48. The SMILES string of the molecule is CCC(=O)c1cc2cc(N3CCC(O)(C(=O)CCc4cc(F)cc(Cl)c4)C3=O)ccc2o1. The summed E-state index contributed by atoms with van der Waals surface area (Å²) in [5.74, 6) is -1.71. The van der Waals surface area contributed by atoms with Crippen molar-refractivity contribution in [3.63, 3.8) is 0 Å². The van der Waals surface area contributed by atoms with Gasteiger partial charge in [-0.25, -0.2) is 4.39 Å². The predicted molar refractivity (Wildman–Crippen MR) is 117 cm³/mol. The molecule has 166 valence electrons. The summed E-state index contributed by atoms with van der Waals surface area (Å²) >= 11 is 5.84. The zero-order valence-corrected chi connectivity index (χ0v) is 18.1. The van der Waals surface area contributed by atoms with Crippen LogP contribution in [0.3, 0.4) is 0 Å². The van der Waals surface area contributed by atoms with Crippen molar-refractivity contribution in [2.24, 2.45) is 0 Å². The molecule has 1 unspecified atom stereocenters. The van der Waals surface area contributed by atoms with E-state index in [9.17, 15) is 23.9 Å². The van der Waals surface area contributed by atoms with E-state index in [1.54, 1.807) is 37.3 Å². The van der Waals surface area contributed by atoms with Crippen LogP contribution in [0.15, 0.2) is 46.9 Å². The molecule has 1 fully saturated rings. The molecule has 1 N–H and O–H groups in total. The van der Waals surface area contributed by atoms with Gasteiger partial charge in [-0.1, -0.05) is 18.5 Å². The number of aliphatic hydroxyl groups is 1. The summed E-state index contributed by atoms with van der Waals surface area (Å²) in [6.07, 6.45) is 0.298. The molecule has 6 nitrogen and oxygen atoms in total. The van der Waals surface area contributed by atoms with E-state index in [1.165, 1.54) is 11.0 Å². The second-order valence-electron chi connectivity index (χ2n) is 7.88. The number of benzene rings is 2. The standard InChI is InChI=1S/C24H21ClFNO5/c1-2-19(28)21-12-15-11-18(4-5-20(15)32-21)27-8-7-24(31,23(27)30)22(29)6-3-14-9-16(25)13-17(26)10-14/h4-5,9-13,31H,2-3,6-8H2,1H3. The van der Waals surface area contributed by atoms with Crippen molar-refractivity contribution in [1.29, 1.82) is 0 Å². The summed E-state index contributed by atoms with van der Waals surface area (Å²) in [7, 11) is 0. The highest BCUT2D eigenvalue weighted by molar-refractivity contribution is 6.30. The van der Waals surface area contributed by atoms with Gasteiger partial charge in [0.2, 0.25) is 5.60 Å². The van der Waals surface area contributed by atoms with E-state index in [0.29, 0.717) is 28.6 Å². The lowest BCUT2D eigenvalue weighted by Gasteiger charge is -2.21. The van der Waals surface area contributed by atoms with Crippen molar-refractivity contribution < 1.29 is 28.3 Å². The highest BCUT2D eigenvalue weighted by Gasteiger charge is 2.50. The number of fused-ring (bicyclic) bond motifs is 1. The van der Waals surface area contributed by atoms with E-state index in [4.69, 9.17) is 16.0 Å². The summed E-state index contributed by atoms with van der Waals surface area (Å²) in [5, 5.41) is 11.7. The number of ketones is 2. The molecule has 3 aromatic rings. The number of nitrogens with zero attached hydrogens (tertiary/aromatic N) is 1. The summed E-state index contributed by atoms with van der Waals surface area (Å²) in [4.78, 5) is 39.0. The van der Waals surface area contributed by atoms with Crippen LogP contribution in [0.25, 0.3) is 11.0 Å². The summed E-state index contributed by atoms with van der Waals surface area (Å²) in [6.45, 7) is 1.90. The molecule has 1 aliphatic rings. The van der Waals surface area contributed by atoms with E-state index in [0.717, 1.165) is 6.07 Å². The van der Waals surface area contributed by atoms with Crippen molar-refractivity contribution in [1.82, 2.24) is 0 Å². The summed E-state index contributed by atoms with van der Waals surface area (Å²) in [6, 6.07) is 10.6. The van der Waals surface area contributed by atoms with Crippen LogP contribution in [0.1, 0.15) is 42.3 Å². The Labute approximate surface area is 188 Å². The van der Waals surface area contributed by atoms with Gasteiger partial charge in [-0.3, -0.25) is 14.4 Å². The first-order valence-electron chi connectivity index (χ1n) is 10.3. The number of Topliss-reactive ketones (excluding diaryl/α,β-unsaturated/α-hetero) is 2. The number of halogens is 2. The molecular formula is C24H21ClFNO5. The number of aryl methyl sites for hydroxylation is 1.